The third-order valence-corrected chi connectivity index (χ3v) is 3.85. The Labute approximate surface area is 142 Å². The maximum Gasteiger partial charge on any atom is 0.422 e. The molecule has 1 aliphatic heterocycles. The highest BCUT2D eigenvalue weighted by atomic mass is 19.4. The van der Waals surface area contributed by atoms with Crippen LogP contribution in [0.15, 0.2) is 18.2 Å². The van der Waals surface area contributed by atoms with Crippen molar-refractivity contribution in [1.29, 1.82) is 0 Å². The van der Waals surface area contributed by atoms with E-state index >= 15 is 0 Å². The summed E-state index contributed by atoms with van der Waals surface area (Å²) < 4.78 is 46.7. The number of hydrogen-bond donors (Lipinski definition) is 1. The minimum atomic E-state index is -4.49. The minimum Gasteiger partial charge on any atom is -0.493 e. The Kier molecular flexibility index (Phi) is 5.76. The number of carbonyl (C=O) groups excluding carboxylic acids is 2. The number of methoxy groups -OCH3 is 1. The lowest BCUT2D eigenvalue weighted by atomic mass is 9.95. The van der Waals surface area contributed by atoms with Crippen molar-refractivity contribution >= 4 is 17.5 Å². The lowest BCUT2D eigenvalue weighted by Gasteiger charge is -2.28. The fourth-order valence-electron chi connectivity index (χ4n) is 2.44. The first-order valence-electron chi connectivity index (χ1n) is 7.62. The second-order valence-electron chi connectivity index (χ2n) is 5.76. The number of ether oxygens (including phenoxy) is 2. The van der Waals surface area contributed by atoms with Crippen LogP contribution in [0.1, 0.15) is 12.8 Å². The Balaban J connectivity index is 2.06. The van der Waals surface area contributed by atoms with Crippen LogP contribution in [-0.2, 0) is 9.59 Å². The van der Waals surface area contributed by atoms with Crippen molar-refractivity contribution in [2.45, 2.75) is 19.0 Å². The van der Waals surface area contributed by atoms with E-state index in [0.29, 0.717) is 13.0 Å². The zero-order valence-corrected chi connectivity index (χ0v) is 13.9. The van der Waals surface area contributed by atoms with Gasteiger partial charge in [-0.3, -0.25) is 9.59 Å². The van der Waals surface area contributed by atoms with E-state index in [1.807, 2.05) is 0 Å². The van der Waals surface area contributed by atoms with Crippen LogP contribution in [0.25, 0.3) is 0 Å². The van der Waals surface area contributed by atoms with E-state index in [4.69, 9.17) is 9.47 Å². The number of rotatable bonds is 5. The van der Waals surface area contributed by atoms with E-state index in [2.05, 4.69) is 5.32 Å². The summed E-state index contributed by atoms with van der Waals surface area (Å²) in [6.45, 7) is -0.982. The van der Waals surface area contributed by atoms with Gasteiger partial charge in [-0.1, -0.05) is 0 Å². The van der Waals surface area contributed by atoms with E-state index in [9.17, 15) is 22.8 Å². The van der Waals surface area contributed by atoms with Crippen LogP contribution in [0.2, 0.25) is 0 Å². The van der Waals surface area contributed by atoms with Gasteiger partial charge in [0.1, 0.15) is 0 Å². The van der Waals surface area contributed by atoms with Crippen molar-refractivity contribution in [3.05, 3.63) is 18.2 Å². The van der Waals surface area contributed by atoms with Crippen molar-refractivity contribution in [2.75, 3.05) is 32.6 Å². The summed E-state index contributed by atoms with van der Waals surface area (Å²) in [4.78, 5) is 25.5. The number of carbonyl (C=O) groups is 2. The van der Waals surface area contributed by atoms with Crippen LogP contribution in [-0.4, -0.2) is 50.2 Å². The molecular formula is C16H19F3N2O4. The van der Waals surface area contributed by atoms with Crippen LogP contribution >= 0.6 is 0 Å². The van der Waals surface area contributed by atoms with Gasteiger partial charge in [-0.15, -0.1) is 0 Å². The molecule has 0 radical (unpaired) electrons. The van der Waals surface area contributed by atoms with E-state index < -0.39 is 18.7 Å². The van der Waals surface area contributed by atoms with Crippen molar-refractivity contribution in [2.24, 2.45) is 5.92 Å². The number of alkyl halides is 3. The fourth-order valence-corrected chi connectivity index (χ4v) is 2.44. The summed E-state index contributed by atoms with van der Waals surface area (Å²) >= 11 is 0. The van der Waals surface area contributed by atoms with Gasteiger partial charge < -0.3 is 19.7 Å². The average Bonchev–Trinajstić information content (AvgIpc) is 2.55. The predicted molar refractivity (Wildman–Crippen MR) is 83.5 cm³/mol. The molecule has 0 spiro atoms. The summed E-state index contributed by atoms with van der Waals surface area (Å²) in [6, 6.07) is 4.16. The van der Waals surface area contributed by atoms with E-state index in [-0.39, 0.29) is 35.4 Å². The summed E-state index contributed by atoms with van der Waals surface area (Å²) in [5, 5.41) is 2.61. The van der Waals surface area contributed by atoms with Crippen molar-refractivity contribution in [3.63, 3.8) is 0 Å². The van der Waals surface area contributed by atoms with Gasteiger partial charge >= 0.3 is 6.18 Å². The monoisotopic (exact) mass is 360 g/mol. The molecule has 0 aliphatic carbocycles. The molecule has 1 heterocycles. The average molecular weight is 360 g/mol. The topological polar surface area (TPSA) is 67.9 Å². The summed E-state index contributed by atoms with van der Waals surface area (Å²) in [5.41, 5.74) is 0.273. The molecular weight excluding hydrogens is 341 g/mol. The highest BCUT2D eigenvalue weighted by Gasteiger charge is 2.30. The summed E-state index contributed by atoms with van der Waals surface area (Å²) in [6.07, 6.45) is -3.85. The normalized spacial score (nSPS) is 18.0. The fraction of sp³-hybridized carbons (Fsp3) is 0.500. The number of hydrogen-bond acceptors (Lipinski definition) is 4. The molecule has 1 atom stereocenters. The molecule has 1 unspecified atom stereocenters. The minimum absolute atomic E-state index is 0.107. The maximum absolute atomic E-state index is 12.3. The second-order valence-corrected chi connectivity index (χ2v) is 5.76. The highest BCUT2D eigenvalue weighted by Crippen LogP contribution is 2.32. The van der Waals surface area contributed by atoms with Crippen molar-refractivity contribution < 1.29 is 32.2 Å². The van der Waals surface area contributed by atoms with Crippen LogP contribution in [0, 0.1) is 5.92 Å². The molecule has 1 fully saturated rings. The number of benzene rings is 1. The Bertz CT molecular complexity index is 649. The van der Waals surface area contributed by atoms with Crippen molar-refractivity contribution in [1.82, 2.24) is 4.90 Å². The smallest absolute Gasteiger partial charge is 0.422 e. The number of likely N-dealkylation sites (tertiary alicyclic amines) is 1. The van der Waals surface area contributed by atoms with E-state index in [0.717, 1.165) is 0 Å². The van der Waals surface area contributed by atoms with Crippen LogP contribution in [0.3, 0.4) is 0 Å². The lowest BCUT2D eigenvalue weighted by Crippen LogP contribution is -2.39. The number of piperidine rings is 1. The Morgan fingerprint density at radius 2 is 2.08 bits per heavy atom. The molecule has 1 aromatic rings. The van der Waals surface area contributed by atoms with Gasteiger partial charge in [-0.25, -0.2) is 0 Å². The third kappa shape index (κ3) is 5.27. The Morgan fingerprint density at radius 1 is 1.36 bits per heavy atom. The van der Waals surface area contributed by atoms with Crippen molar-refractivity contribution in [3.8, 4) is 11.5 Å². The molecule has 0 bridgehead atoms. The summed E-state index contributed by atoms with van der Waals surface area (Å²) in [5.74, 6) is -0.942. The molecule has 6 nitrogen and oxygen atoms in total. The van der Waals surface area contributed by atoms with Gasteiger partial charge in [0.2, 0.25) is 11.8 Å². The highest BCUT2D eigenvalue weighted by molar-refractivity contribution is 5.96. The molecule has 25 heavy (non-hydrogen) atoms. The van der Waals surface area contributed by atoms with Gasteiger partial charge in [0.15, 0.2) is 18.1 Å². The molecule has 2 amide bonds. The molecule has 1 N–H and O–H groups in total. The largest absolute Gasteiger partial charge is 0.493 e. The summed E-state index contributed by atoms with van der Waals surface area (Å²) in [7, 11) is 2.97. The second kappa shape index (κ2) is 7.62. The molecule has 0 aromatic heterocycles. The maximum atomic E-state index is 12.3. The standard InChI is InChI=1S/C16H19F3N2O4/c1-21-6-5-10(7-14(21)22)15(23)20-11-3-4-12(24-2)13(8-11)25-9-16(17,18)19/h3-4,8,10H,5-7,9H2,1-2H3,(H,20,23). The zero-order chi connectivity index (χ0) is 18.6. The molecule has 1 aliphatic rings. The molecule has 138 valence electrons. The molecule has 2 rings (SSSR count). The lowest BCUT2D eigenvalue weighted by molar-refractivity contribution is -0.153. The van der Waals surface area contributed by atoms with Gasteiger partial charge in [-0.2, -0.15) is 13.2 Å². The first kappa shape index (κ1) is 18.9. The Hall–Kier alpha value is -2.45. The number of halogens is 3. The van der Waals surface area contributed by atoms with Gasteiger partial charge in [-0.05, 0) is 18.6 Å². The molecule has 9 heteroatoms. The molecule has 0 saturated carbocycles. The van der Waals surface area contributed by atoms with E-state index in [1.54, 1.807) is 11.9 Å². The van der Waals surface area contributed by atoms with Gasteiger partial charge in [0.05, 0.1) is 7.11 Å². The SMILES string of the molecule is COc1ccc(NC(=O)C2CCN(C)C(=O)C2)cc1OCC(F)(F)F. The quantitative estimate of drug-likeness (QED) is 0.876. The van der Waals surface area contributed by atoms with Crippen LogP contribution in [0.5, 0.6) is 11.5 Å². The van der Waals surface area contributed by atoms with Gasteiger partial charge in [0.25, 0.3) is 0 Å². The molecule has 1 aromatic carbocycles. The predicted octanol–water partition coefficient (Wildman–Crippen LogP) is 2.44. The number of nitrogens with zero attached hydrogens (tertiary/aromatic N) is 1. The Morgan fingerprint density at radius 3 is 2.68 bits per heavy atom. The zero-order valence-electron chi connectivity index (χ0n) is 13.9. The van der Waals surface area contributed by atoms with Crippen LogP contribution < -0.4 is 14.8 Å². The van der Waals surface area contributed by atoms with Crippen LogP contribution in [0.4, 0.5) is 18.9 Å². The first-order valence-corrected chi connectivity index (χ1v) is 7.62. The number of anilines is 1. The third-order valence-electron chi connectivity index (χ3n) is 3.85. The first-order chi connectivity index (χ1) is 11.7. The van der Waals surface area contributed by atoms with Gasteiger partial charge in [0, 0.05) is 37.7 Å². The number of amides is 2. The number of nitrogens with one attached hydrogen (secondary N) is 1. The molecule has 1 saturated heterocycles. The van der Waals surface area contributed by atoms with E-state index in [1.165, 1.54) is 25.3 Å².